The van der Waals surface area contributed by atoms with Crippen LogP contribution in [0.4, 0.5) is 0 Å². The van der Waals surface area contributed by atoms with Crippen molar-refractivity contribution in [3.05, 3.63) is 28.2 Å². The van der Waals surface area contributed by atoms with Gasteiger partial charge in [0, 0.05) is 17.6 Å². The van der Waals surface area contributed by atoms with Crippen LogP contribution in [0.2, 0.25) is 0 Å². The largest absolute Gasteiger partial charge is 0.496 e. The molecule has 1 heterocycles. The minimum Gasteiger partial charge on any atom is -0.496 e. The van der Waals surface area contributed by atoms with Crippen LogP contribution in [0.3, 0.4) is 0 Å². The van der Waals surface area contributed by atoms with Crippen molar-refractivity contribution < 1.29 is 17.9 Å². The highest BCUT2D eigenvalue weighted by atomic mass is 79.9. The fraction of sp³-hybridized carbons (Fsp3) is 0.462. The monoisotopic (exact) mass is 361 g/mol. The number of hydrogen-bond acceptors (Lipinski definition) is 4. The molecular weight excluding hydrogens is 346 g/mol. The molecule has 0 spiro atoms. The molecule has 1 fully saturated rings. The highest BCUT2D eigenvalue weighted by Gasteiger charge is 2.33. The third kappa shape index (κ3) is 3.15. The van der Waals surface area contributed by atoms with E-state index in [9.17, 15) is 13.2 Å². The number of ether oxygens (including phenoxy) is 1. The lowest BCUT2D eigenvalue weighted by atomic mass is 10.1. The highest BCUT2D eigenvalue weighted by Crippen LogP contribution is 2.26. The Morgan fingerprint density at radius 3 is 2.70 bits per heavy atom. The predicted octanol–water partition coefficient (Wildman–Crippen LogP) is 1.72. The van der Waals surface area contributed by atoms with E-state index in [1.54, 1.807) is 25.2 Å². The Morgan fingerprint density at radius 2 is 2.15 bits per heavy atom. The van der Waals surface area contributed by atoms with E-state index in [2.05, 4.69) is 15.9 Å². The number of carbonyl (C=O) groups is 1. The van der Waals surface area contributed by atoms with Gasteiger partial charge in [-0.15, -0.1) is 0 Å². The zero-order valence-electron chi connectivity index (χ0n) is 11.3. The van der Waals surface area contributed by atoms with Crippen molar-refractivity contribution in [2.24, 2.45) is 0 Å². The van der Waals surface area contributed by atoms with Crippen LogP contribution in [-0.2, 0) is 9.84 Å². The molecule has 1 aromatic carbocycles. The van der Waals surface area contributed by atoms with Gasteiger partial charge in [-0.1, -0.05) is 15.9 Å². The first-order valence-electron chi connectivity index (χ1n) is 6.15. The van der Waals surface area contributed by atoms with Crippen molar-refractivity contribution in [3.63, 3.8) is 0 Å². The summed E-state index contributed by atoms with van der Waals surface area (Å²) in [5, 5.41) is 0. The molecule has 1 atom stereocenters. The van der Waals surface area contributed by atoms with E-state index in [4.69, 9.17) is 4.74 Å². The normalized spacial score (nSPS) is 20.6. The molecule has 0 aliphatic carbocycles. The van der Waals surface area contributed by atoms with Crippen LogP contribution in [0, 0.1) is 0 Å². The van der Waals surface area contributed by atoms with Crippen LogP contribution in [-0.4, -0.2) is 50.9 Å². The van der Waals surface area contributed by atoms with Gasteiger partial charge in [0.15, 0.2) is 9.84 Å². The van der Waals surface area contributed by atoms with Crippen LogP contribution >= 0.6 is 15.9 Å². The molecule has 0 aromatic heterocycles. The molecule has 1 aliphatic heterocycles. The first-order valence-corrected chi connectivity index (χ1v) is 8.76. The van der Waals surface area contributed by atoms with Gasteiger partial charge in [-0.05, 0) is 24.6 Å². The molecule has 0 bridgehead atoms. The Morgan fingerprint density at radius 1 is 1.45 bits per heavy atom. The number of hydrogen-bond donors (Lipinski definition) is 0. The number of carbonyl (C=O) groups excluding carboxylic acids is 1. The van der Waals surface area contributed by atoms with Gasteiger partial charge in [0.05, 0.1) is 24.2 Å². The maximum absolute atomic E-state index is 12.5. The molecule has 7 heteroatoms. The molecule has 5 nitrogen and oxygen atoms in total. The number of benzene rings is 1. The molecule has 0 N–H and O–H groups in total. The highest BCUT2D eigenvalue weighted by molar-refractivity contribution is 9.10. The Bertz CT molecular complexity index is 629. The lowest BCUT2D eigenvalue weighted by molar-refractivity contribution is 0.0744. The summed E-state index contributed by atoms with van der Waals surface area (Å²) in [6, 6.07) is 4.91. The van der Waals surface area contributed by atoms with Crippen molar-refractivity contribution in [2.75, 3.05) is 25.7 Å². The van der Waals surface area contributed by atoms with Gasteiger partial charge in [0.1, 0.15) is 5.75 Å². The molecule has 0 saturated carbocycles. The van der Waals surface area contributed by atoms with Crippen molar-refractivity contribution in [2.45, 2.75) is 12.5 Å². The smallest absolute Gasteiger partial charge is 0.257 e. The lowest BCUT2D eigenvalue weighted by Gasteiger charge is -2.24. The van der Waals surface area contributed by atoms with Crippen LogP contribution in [0.5, 0.6) is 5.75 Å². The van der Waals surface area contributed by atoms with Crippen molar-refractivity contribution in [3.8, 4) is 5.75 Å². The van der Waals surface area contributed by atoms with Crippen LogP contribution in [0.15, 0.2) is 22.7 Å². The summed E-state index contributed by atoms with van der Waals surface area (Å²) in [6.07, 6.45) is 0.487. The molecule has 1 aromatic rings. The molecular formula is C13H16BrNO4S. The summed E-state index contributed by atoms with van der Waals surface area (Å²) in [5.41, 5.74) is 0.425. The van der Waals surface area contributed by atoms with Gasteiger partial charge < -0.3 is 9.64 Å². The number of halogens is 1. The minimum atomic E-state index is -3.01. The quantitative estimate of drug-likeness (QED) is 0.822. The van der Waals surface area contributed by atoms with Gasteiger partial charge in [-0.2, -0.15) is 0 Å². The number of rotatable bonds is 3. The average Bonchev–Trinajstić information content (AvgIpc) is 2.77. The minimum absolute atomic E-state index is 0.0333. The molecule has 20 heavy (non-hydrogen) atoms. The van der Waals surface area contributed by atoms with E-state index in [1.165, 1.54) is 12.0 Å². The number of amides is 1. The summed E-state index contributed by atoms with van der Waals surface area (Å²) < 4.78 is 29.0. The molecule has 2 rings (SSSR count). The Balaban J connectivity index is 2.25. The standard InChI is InChI=1S/C13H16BrNO4S/c1-15(10-5-6-20(17,18)8-10)13(16)11-7-9(14)3-4-12(11)19-2/h3-4,7,10H,5-6,8H2,1-2H3. The Kier molecular flexibility index (Phi) is 4.39. The summed E-state index contributed by atoms with van der Waals surface area (Å²) >= 11 is 3.32. The maximum atomic E-state index is 12.5. The predicted molar refractivity (Wildman–Crippen MR) is 79.8 cm³/mol. The van der Waals surface area contributed by atoms with Crippen molar-refractivity contribution in [1.29, 1.82) is 0 Å². The van der Waals surface area contributed by atoms with Gasteiger partial charge >= 0.3 is 0 Å². The molecule has 1 aliphatic rings. The van der Waals surface area contributed by atoms with Gasteiger partial charge in [-0.3, -0.25) is 4.79 Å². The Hall–Kier alpha value is -1.08. The SMILES string of the molecule is COc1ccc(Br)cc1C(=O)N(C)C1CCS(=O)(=O)C1. The molecule has 1 unspecified atom stereocenters. The van der Waals surface area contributed by atoms with Gasteiger partial charge in [0.2, 0.25) is 0 Å². The lowest BCUT2D eigenvalue weighted by Crippen LogP contribution is -2.38. The molecule has 1 amide bonds. The van der Waals surface area contributed by atoms with Crippen molar-refractivity contribution >= 4 is 31.7 Å². The maximum Gasteiger partial charge on any atom is 0.257 e. The zero-order valence-corrected chi connectivity index (χ0v) is 13.7. The molecule has 110 valence electrons. The van der Waals surface area contributed by atoms with Crippen LogP contribution in [0.25, 0.3) is 0 Å². The molecule has 0 radical (unpaired) electrons. The summed E-state index contributed by atoms with van der Waals surface area (Å²) in [5.74, 6) is 0.423. The van der Waals surface area contributed by atoms with E-state index < -0.39 is 9.84 Å². The third-order valence-electron chi connectivity index (χ3n) is 3.47. The summed E-state index contributed by atoms with van der Waals surface area (Å²) in [6.45, 7) is 0. The van der Waals surface area contributed by atoms with Gasteiger partial charge in [-0.25, -0.2) is 8.42 Å². The summed E-state index contributed by atoms with van der Waals surface area (Å²) in [4.78, 5) is 14.0. The van der Waals surface area contributed by atoms with E-state index in [0.717, 1.165) is 4.47 Å². The number of methoxy groups -OCH3 is 1. The first kappa shape index (κ1) is 15.3. The van der Waals surface area contributed by atoms with E-state index in [0.29, 0.717) is 17.7 Å². The third-order valence-corrected chi connectivity index (χ3v) is 5.71. The van der Waals surface area contributed by atoms with E-state index in [1.807, 2.05) is 0 Å². The van der Waals surface area contributed by atoms with E-state index in [-0.39, 0.29) is 23.5 Å². The fourth-order valence-electron chi connectivity index (χ4n) is 2.28. The second-order valence-corrected chi connectivity index (χ2v) is 7.96. The topological polar surface area (TPSA) is 63.7 Å². The van der Waals surface area contributed by atoms with Crippen LogP contribution < -0.4 is 4.74 Å². The Labute approximate surface area is 127 Å². The van der Waals surface area contributed by atoms with Crippen molar-refractivity contribution in [1.82, 2.24) is 4.90 Å². The summed E-state index contributed by atoms with van der Waals surface area (Å²) in [7, 11) is 0.119. The second kappa shape index (κ2) is 5.73. The average molecular weight is 362 g/mol. The molecule has 1 saturated heterocycles. The zero-order chi connectivity index (χ0) is 14.9. The number of nitrogens with zero attached hydrogens (tertiary/aromatic N) is 1. The van der Waals surface area contributed by atoms with E-state index >= 15 is 0 Å². The van der Waals surface area contributed by atoms with Crippen LogP contribution in [0.1, 0.15) is 16.8 Å². The van der Waals surface area contributed by atoms with Gasteiger partial charge in [0.25, 0.3) is 5.91 Å². The fourth-order valence-corrected chi connectivity index (χ4v) is 4.42. The number of sulfone groups is 1. The second-order valence-electron chi connectivity index (χ2n) is 4.82. The first-order chi connectivity index (χ1) is 9.34.